The topological polar surface area (TPSA) is 86.7 Å². The first kappa shape index (κ1) is 28.6. The van der Waals surface area contributed by atoms with E-state index in [9.17, 15) is 18.1 Å². The second-order valence-electron chi connectivity index (χ2n) is 7.80. The molecule has 7 heteroatoms. The van der Waals surface area contributed by atoms with Crippen LogP contribution in [0, 0.1) is 0 Å². The van der Waals surface area contributed by atoms with E-state index in [1.54, 1.807) is 18.2 Å². The minimum absolute atomic E-state index is 0. The van der Waals surface area contributed by atoms with Crippen molar-refractivity contribution in [2.24, 2.45) is 0 Å². The van der Waals surface area contributed by atoms with Crippen molar-refractivity contribution >= 4 is 10.1 Å². The van der Waals surface area contributed by atoms with Crippen LogP contribution in [0.25, 0.3) is 0 Å². The van der Waals surface area contributed by atoms with Gasteiger partial charge in [-0.05, 0) is 42.7 Å². The van der Waals surface area contributed by atoms with Gasteiger partial charge in [-0.2, -0.15) is 8.42 Å². The summed E-state index contributed by atoms with van der Waals surface area (Å²) in [6.07, 6.45) is 13.0. The van der Waals surface area contributed by atoms with Crippen molar-refractivity contribution in [1.29, 1.82) is 0 Å². The Bertz CT molecular complexity index is 883. The third-order valence-corrected chi connectivity index (χ3v) is 5.93. The number of hydrogen-bond acceptors (Lipinski definition) is 4. The fraction of sp³-hybridized carbons (Fsp3) is 0.500. The van der Waals surface area contributed by atoms with Gasteiger partial charge in [0.15, 0.2) is 0 Å². The predicted octanol–water partition coefficient (Wildman–Crippen LogP) is 3.27. The molecule has 0 heterocycles. The number of aryl methyl sites for hydroxylation is 1. The fourth-order valence-electron chi connectivity index (χ4n) is 3.47. The average Bonchev–Trinajstić information content (AvgIpc) is 2.68. The zero-order valence-corrected chi connectivity index (χ0v) is 22.7. The molecule has 2 aromatic rings. The Morgan fingerprint density at radius 3 is 2.03 bits per heavy atom. The minimum atomic E-state index is -4.34. The van der Waals surface area contributed by atoms with Crippen LogP contribution in [0.4, 0.5) is 0 Å². The summed E-state index contributed by atoms with van der Waals surface area (Å²) in [6, 6.07) is 10.5. The van der Waals surface area contributed by atoms with Gasteiger partial charge in [0.05, 0.1) is 4.90 Å². The predicted molar refractivity (Wildman–Crippen MR) is 118 cm³/mol. The van der Waals surface area contributed by atoms with E-state index in [2.05, 4.69) is 6.92 Å². The van der Waals surface area contributed by atoms with E-state index >= 15 is 0 Å². The second-order valence-corrected chi connectivity index (χ2v) is 9.22. The molecule has 0 radical (unpaired) electrons. The molecule has 0 aliphatic heterocycles. The second kappa shape index (κ2) is 15.4. The Kier molecular flexibility index (Phi) is 14.2. The van der Waals surface area contributed by atoms with Gasteiger partial charge in [-0.25, -0.2) is 0 Å². The normalized spacial score (nSPS) is 11.2. The molecule has 0 bridgehead atoms. The van der Waals surface area contributed by atoms with Gasteiger partial charge in [0.2, 0.25) is 0 Å². The van der Waals surface area contributed by atoms with Crippen molar-refractivity contribution in [2.45, 2.75) is 82.4 Å². The van der Waals surface area contributed by atoms with Crippen LogP contribution in [-0.4, -0.2) is 13.0 Å². The molecule has 0 amide bonds. The van der Waals surface area contributed by atoms with Gasteiger partial charge in [0.25, 0.3) is 10.1 Å². The average molecular weight is 473 g/mol. The fourth-order valence-corrected chi connectivity index (χ4v) is 4.04. The Balaban J connectivity index is 0.00000480. The van der Waals surface area contributed by atoms with Crippen LogP contribution in [0.15, 0.2) is 47.4 Å². The molecular weight excluding hydrogens is 439 g/mol. The quantitative estimate of drug-likeness (QED) is 0.259. The largest absolute Gasteiger partial charge is 1.00 e. The first-order chi connectivity index (χ1) is 14.4. The van der Waals surface area contributed by atoms with Crippen molar-refractivity contribution in [3.63, 3.8) is 0 Å². The van der Waals surface area contributed by atoms with Gasteiger partial charge in [-0.3, -0.25) is 4.55 Å². The molecule has 0 saturated carbocycles. The SMILES string of the molecule is CCCCCCCCCCCCc1cc(Oc2cccc([O-])c2)cc(S(=O)(=O)O)c1.[K+]. The van der Waals surface area contributed by atoms with Crippen molar-refractivity contribution in [1.82, 2.24) is 0 Å². The molecule has 1 N–H and O–H groups in total. The zero-order chi connectivity index (χ0) is 21.8. The molecule has 0 atom stereocenters. The molecule has 0 spiro atoms. The standard InChI is InChI=1S/C24H34O5S.K/c1-2-3-4-5-6-7-8-9-10-11-13-20-16-23(19-24(17-20)30(26,27)28)29-22-15-12-14-21(25)18-22;/h12,14-19,25H,2-11,13H2,1H3,(H,26,27,28);/q;+1/p-1. The van der Waals surface area contributed by atoms with Gasteiger partial charge in [0, 0.05) is 6.07 Å². The van der Waals surface area contributed by atoms with Crippen LogP contribution in [0.2, 0.25) is 0 Å². The Morgan fingerprint density at radius 2 is 1.45 bits per heavy atom. The summed E-state index contributed by atoms with van der Waals surface area (Å²) in [5.41, 5.74) is 0.790. The molecule has 166 valence electrons. The van der Waals surface area contributed by atoms with Crippen molar-refractivity contribution in [2.75, 3.05) is 0 Å². The molecule has 0 aromatic heterocycles. The first-order valence-electron chi connectivity index (χ1n) is 10.9. The van der Waals surface area contributed by atoms with Crippen LogP contribution in [0.5, 0.6) is 17.2 Å². The molecule has 31 heavy (non-hydrogen) atoms. The Labute approximate surface area is 229 Å². The smallest absolute Gasteiger partial charge is 0.872 e. The maximum absolute atomic E-state index is 11.6. The number of rotatable bonds is 14. The van der Waals surface area contributed by atoms with Crippen LogP contribution in [0.3, 0.4) is 0 Å². The Morgan fingerprint density at radius 1 is 0.839 bits per heavy atom. The number of benzene rings is 2. The van der Waals surface area contributed by atoms with Crippen LogP contribution >= 0.6 is 0 Å². The van der Waals surface area contributed by atoms with Crippen molar-refractivity contribution in [3.8, 4) is 17.2 Å². The molecule has 2 rings (SSSR count). The molecular formula is C24H33KO5S. The van der Waals surface area contributed by atoms with Crippen LogP contribution in [0.1, 0.15) is 76.7 Å². The molecule has 0 aliphatic rings. The summed E-state index contributed by atoms with van der Waals surface area (Å²) in [6.45, 7) is 2.23. The molecule has 0 aliphatic carbocycles. The summed E-state index contributed by atoms with van der Waals surface area (Å²) in [7, 11) is -4.34. The third kappa shape index (κ3) is 11.9. The molecule has 0 saturated heterocycles. The molecule has 2 aromatic carbocycles. The van der Waals surface area contributed by atoms with Crippen molar-refractivity contribution < 1.29 is 74.2 Å². The van der Waals surface area contributed by atoms with Crippen molar-refractivity contribution in [3.05, 3.63) is 48.0 Å². The minimum Gasteiger partial charge on any atom is -0.872 e. The molecule has 0 fully saturated rings. The van der Waals surface area contributed by atoms with E-state index in [1.807, 2.05) is 0 Å². The van der Waals surface area contributed by atoms with E-state index in [0.29, 0.717) is 12.2 Å². The zero-order valence-electron chi connectivity index (χ0n) is 18.8. The van der Waals surface area contributed by atoms with Gasteiger partial charge in [-0.1, -0.05) is 76.8 Å². The maximum atomic E-state index is 11.6. The summed E-state index contributed by atoms with van der Waals surface area (Å²) in [5, 5.41) is 11.5. The van der Waals surface area contributed by atoms with E-state index in [-0.39, 0.29) is 67.8 Å². The van der Waals surface area contributed by atoms with E-state index < -0.39 is 10.1 Å². The van der Waals surface area contributed by atoms with Gasteiger partial charge in [-0.15, -0.1) is 5.75 Å². The van der Waals surface area contributed by atoms with E-state index in [1.165, 1.54) is 75.6 Å². The van der Waals surface area contributed by atoms with Gasteiger partial charge >= 0.3 is 51.4 Å². The maximum Gasteiger partial charge on any atom is 1.00 e. The first-order valence-corrected chi connectivity index (χ1v) is 12.4. The summed E-state index contributed by atoms with van der Waals surface area (Å²) < 4.78 is 38.4. The van der Waals surface area contributed by atoms with E-state index in [4.69, 9.17) is 4.74 Å². The van der Waals surface area contributed by atoms with Gasteiger partial charge < -0.3 is 9.84 Å². The number of hydrogen-bond donors (Lipinski definition) is 1. The number of ether oxygens (including phenoxy) is 1. The number of unbranched alkanes of at least 4 members (excludes halogenated alkanes) is 9. The van der Waals surface area contributed by atoms with Crippen LogP contribution < -0.4 is 61.2 Å². The monoisotopic (exact) mass is 472 g/mol. The third-order valence-electron chi connectivity index (χ3n) is 5.10. The summed E-state index contributed by atoms with van der Waals surface area (Å²) in [5.74, 6) is 0.432. The Hall–Kier alpha value is -0.414. The van der Waals surface area contributed by atoms with Gasteiger partial charge in [0.1, 0.15) is 11.5 Å². The summed E-state index contributed by atoms with van der Waals surface area (Å²) in [4.78, 5) is -0.194. The van der Waals surface area contributed by atoms with E-state index in [0.717, 1.165) is 18.4 Å². The molecule has 5 nitrogen and oxygen atoms in total. The molecule has 0 unspecified atom stereocenters. The van der Waals surface area contributed by atoms with Crippen LogP contribution in [-0.2, 0) is 16.5 Å². The summed E-state index contributed by atoms with van der Waals surface area (Å²) >= 11 is 0.